The Kier molecular flexibility index (Phi) is 8.15. The number of sulfonamides is 1. The van der Waals surface area contributed by atoms with Gasteiger partial charge in [0.15, 0.2) is 11.5 Å². The van der Waals surface area contributed by atoms with Crippen molar-refractivity contribution in [2.75, 3.05) is 20.8 Å². The highest BCUT2D eigenvalue weighted by atomic mass is 32.2. The second kappa shape index (κ2) is 10.9. The molecule has 8 heteroatoms. The summed E-state index contributed by atoms with van der Waals surface area (Å²) in [5, 5.41) is 4.19. The Bertz CT molecular complexity index is 1160. The van der Waals surface area contributed by atoms with Crippen molar-refractivity contribution < 1.29 is 17.9 Å². The Morgan fingerprint density at radius 2 is 1.73 bits per heavy atom. The molecule has 178 valence electrons. The molecule has 0 aliphatic rings. The van der Waals surface area contributed by atoms with Crippen molar-refractivity contribution in [3.8, 4) is 11.5 Å². The molecule has 0 fully saturated rings. The van der Waals surface area contributed by atoms with Crippen LogP contribution >= 0.6 is 0 Å². The molecule has 0 spiro atoms. The molecule has 1 aromatic heterocycles. The van der Waals surface area contributed by atoms with Crippen LogP contribution in [0.5, 0.6) is 11.5 Å². The van der Waals surface area contributed by atoms with Crippen LogP contribution < -0.4 is 9.47 Å². The van der Waals surface area contributed by atoms with E-state index in [1.165, 1.54) is 4.31 Å². The molecule has 3 rings (SSSR count). The highest BCUT2D eigenvalue weighted by Crippen LogP contribution is 2.28. The molecule has 1 atom stereocenters. The number of hydrogen-bond acceptors (Lipinski definition) is 5. The highest BCUT2D eigenvalue weighted by molar-refractivity contribution is 7.89. The zero-order valence-corrected chi connectivity index (χ0v) is 20.8. The van der Waals surface area contributed by atoms with Crippen LogP contribution in [0.3, 0.4) is 0 Å². The van der Waals surface area contributed by atoms with Gasteiger partial charge < -0.3 is 9.47 Å². The van der Waals surface area contributed by atoms with Crippen molar-refractivity contribution >= 4 is 10.0 Å². The average molecular weight is 472 g/mol. The minimum Gasteiger partial charge on any atom is -0.493 e. The van der Waals surface area contributed by atoms with Gasteiger partial charge in [0.25, 0.3) is 0 Å². The van der Waals surface area contributed by atoms with Gasteiger partial charge in [-0.25, -0.2) is 8.42 Å². The molecule has 0 aliphatic carbocycles. The summed E-state index contributed by atoms with van der Waals surface area (Å²) >= 11 is 0. The molecule has 0 N–H and O–H groups in total. The van der Waals surface area contributed by atoms with Gasteiger partial charge in [0.1, 0.15) is 0 Å². The SMILES string of the molecule is CC[C@H](C)c1ccc(S(=O)(=O)N(CCc2ccc(OC)c(OC)c2)Cc2cnn(C)c2)cc1. The predicted molar refractivity (Wildman–Crippen MR) is 129 cm³/mol. The minimum absolute atomic E-state index is 0.247. The molecule has 0 radical (unpaired) electrons. The Labute approximate surface area is 197 Å². The normalized spacial score (nSPS) is 12.7. The van der Waals surface area contributed by atoms with Crippen LogP contribution in [0.2, 0.25) is 0 Å². The highest BCUT2D eigenvalue weighted by Gasteiger charge is 2.25. The monoisotopic (exact) mass is 471 g/mol. The minimum atomic E-state index is -3.70. The second-order valence-electron chi connectivity index (χ2n) is 8.18. The van der Waals surface area contributed by atoms with Gasteiger partial charge in [-0.05, 0) is 54.2 Å². The number of rotatable bonds is 11. The summed E-state index contributed by atoms with van der Waals surface area (Å²) < 4.78 is 41.1. The van der Waals surface area contributed by atoms with Crippen LogP contribution in [-0.4, -0.2) is 43.3 Å². The average Bonchev–Trinajstić information content (AvgIpc) is 3.25. The predicted octanol–water partition coefficient (Wildman–Crippen LogP) is 4.38. The number of nitrogens with zero attached hydrogens (tertiary/aromatic N) is 3. The third-order valence-corrected chi connectivity index (χ3v) is 7.77. The first-order chi connectivity index (χ1) is 15.8. The molecule has 0 unspecified atom stereocenters. The van der Waals surface area contributed by atoms with E-state index in [-0.39, 0.29) is 6.54 Å². The van der Waals surface area contributed by atoms with Crippen molar-refractivity contribution in [2.45, 2.75) is 44.0 Å². The lowest BCUT2D eigenvalue weighted by Gasteiger charge is -2.22. The number of aryl methyl sites for hydroxylation is 1. The van der Waals surface area contributed by atoms with E-state index >= 15 is 0 Å². The number of methoxy groups -OCH3 is 2. The van der Waals surface area contributed by atoms with Crippen molar-refractivity contribution in [1.29, 1.82) is 0 Å². The summed E-state index contributed by atoms with van der Waals surface area (Å²) in [6, 6.07) is 12.9. The van der Waals surface area contributed by atoms with Crippen molar-refractivity contribution in [3.63, 3.8) is 0 Å². The van der Waals surface area contributed by atoms with Gasteiger partial charge in [-0.3, -0.25) is 4.68 Å². The molecular weight excluding hydrogens is 438 g/mol. The lowest BCUT2D eigenvalue weighted by molar-refractivity contribution is 0.354. The molecule has 0 aliphatic heterocycles. The molecule has 33 heavy (non-hydrogen) atoms. The standard InChI is InChI=1S/C25H33N3O4S/c1-6-19(2)22-8-10-23(11-9-22)33(29,30)28(18-21-16-26-27(3)17-21)14-13-20-7-12-24(31-4)25(15-20)32-5/h7-12,15-17,19H,6,13-14,18H2,1-5H3/t19-/m0/s1. The maximum atomic E-state index is 13.6. The van der Waals surface area contributed by atoms with Crippen LogP contribution in [0.4, 0.5) is 0 Å². The summed E-state index contributed by atoms with van der Waals surface area (Å²) in [6.45, 7) is 4.83. The summed E-state index contributed by atoms with van der Waals surface area (Å²) in [4.78, 5) is 0.297. The van der Waals surface area contributed by atoms with Gasteiger partial charge in [0, 0.05) is 31.9 Å². The first-order valence-corrected chi connectivity index (χ1v) is 12.5. The number of aromatic nitrogens is 2. The summed E-state index contributed by atoms with van der Waals surface area (Å²) in [5.41, 5.74) is 2.94. The van der Waals surface area contributed by atoms with E-state index in [4.69, 9.17) is 9.47 Å². The molecule has 0 bridgehead atoms. The van der Waals surface area contributed by atoms with Gasteiger partial charge in [0.05, 0.1) is 25.3 Å². The molecule has 0 amide bonds. The second-order valence-corrected chi connectivity index (χ2v) is 10.1. The Morgan fingerprint density at radius 1 is 1.03 bits per heavy atom. The van der Waals surface area contributed by atoms with Crippen LogP contribution in [0.1, 0.15) is 42.9 Å². The topological polar surface area (TPSA) is 73.7 Å². The maximum absolute atomic E-state index is 13.6. The smallest absolute Gasteiger partial charge is 0.243 e. The van der Waals surface area contributed by atoms with Crippen molar-refractivity contribution in [1.82, 2.24) is 14.1 Å². The van der Waals surface area contributed by atoms with Crippen LogP contribution in [0.15, 0.2) is 59.8 Å². The maximum Gasteiger partial charge on any atom is 0.243 e. The molecular formula is C25H33N3O4S. The van der Waals surface area contributed by atoms with E-state index in [2.05, 4.69) is 18.9 Å². The fourth-order valence-electron chi connectivity index (χ4n) is 3.68. The van der Waals surface area contributed by atoms with Crippen molar-refractivity contribution in [3.05, 3.63) is 71.5 Å². The van der Waals surface area contributed by atoms with Gasteiger partial charge in [-0.15, -0.1) is 0 Å². The molecule has 0 saturated carbocycles. The van der Waals surface area contributed by atoms with Crippen LogP contribution in [-0.2, 0) is 30.0 Å². The molecule has 7 nitrogen and oxygen atoms in total. The van der Waals surface area contributed by atoms with E-state index in [1.807, 2.05) is 43.6 Å². The summed E-state index contributed by atoms with van der Waals surface area (Å²) in [7, 11) is 1.30. The lowest BCUT2D eigenvalue weighted by atomic mass is 9.99. The Morgan fingerprint density at radius 3 is 2.30 bits per heavy atom. The van der Waals surface area contributed by atoms with Gasteiger partial charge in [0.2, 0.25) is 10.0 Å². The Hall–Kier alpha value is -2.84. The quantitative estimate of drug-likeness (QED) is 0.415. The van der Waals surface area contributed by atoms with E-state index in [0.29, 0.717) is 35.3 Å². The van der Waals surface area contributed by atoms with Crippen LogP contribution in [0.25, 0.3) is 0 Å². The van der Waals surface area contributed by atoms with Gasteiger partial charge in [-0.1, -0.05) is 32.0 Å². The molecule has 3 aromatic rings. The number of hydrogen-bond donors (Lipinski definition) is 0. The zero-order chi connectivity index (χ0) is 24.0. The van der Waals surface area contributed by atoms with Gasteiger partial charge in [-0.2, -0.15) is 9.40 Å². The molecule has 1 heterocycles. The van der Waals surface area contributed by atoms with Crippen LogP contribution in [0, 0.1) is 0 Å². The van der Waals surface area contributed by atoms with E-state index in [0.717, 1.165) is 23.1 Å². The number of ether oxygens (including phenoxy) is 2. The lowest BCUT2D eigenvalue weighted by Crippen LogP contribution is -2.32. The summed E-state index contributed by atoms with van der Waals surface area (Å²) in [5.74, 6) is 1.65. The number of benzene rings is 2. The Balaban J connectivity index is 1.87. The third-order valence-electron chi connectivity index (χ3n) is 5.91. The fourth-order valence-corrected chi connectivity index (χ4v) is 5.11. The van der Waals surface area contributed by atoms with E-state index in [9.17, 15) is 8.42 Å². The summed E-state index contributed by atoms with van der Waals surface area (Å²) in [6.07, 6.45) is 5.07. The first kappa shape index (κ1) is 24.8. The third kappa shape index (κ3) is 5.94. The van der Waals surface area contributed by atoms with Gasteiger partial charge >= 0.3 is 0 Å². The largest absolute Gasteiger partial charge is 0.493 e. The fraction of sp³-hybridized carbons (Fsp3) is 0.400. The van der Waals surface area contributed by atoms with E-state index in [1.54, 1.807) is 37.2 Å². The van der Waals surface area contributed by atoms with E-state index < -0.39 is 10.0 Å². The zero-order valence-electron chi connectivity index (χ0n) is 20.0. The molecule has 0 saturated heterocycles. The first-order valence-electron chi connectivity index (χ1n) is 11.1. The van der Waals surface area contributed by atoms with Crippen molar-refractivity contribution in [2.24, 2.45) is 7.05 Å². The molecule has 2 aromatic carbocycles.